The van der Waals surface area contributed by atoms with E-state index in [0.29, 0.717) is 6.61 Å². The molecule has 104 valence electrons. The van der Waals surface area contributed by atoms with E-state index in [4.69, 9.17) is 4.74 Å². The summed E-state index contributed by atoms with van der Waals surface area (Å²) < 4.78 is 6.65. The third-order valence-electron chi connectivity index (χ3n) is 2.92. The zero-order valence-electron chi connectivity index (χ0n) is 11.3. The number of ether oxygens (including phenoxy) is 1. The lowest BCUT2D eigenvalue weighted by molar-refractivity contribution is 0.341. The average molecular weight is 305 g/mol. The molecular formula is C14H15N3OS2. The zero-order valence-corrected chi connectivity index (χ0v) is 13.0. The molecule has 6 heteroatoms. The Kier molecular flexibility index (Phi) is 3.84. The Morgan fingerprint density at radius 2 is 2.25 bits per heavy atom. The minimum absolute atomic E-state index is 0.681. The van der Waals surface area contributed by atoms with Gasteiger partial charge in [-0.25, -0.2) is 9.97 Å². The Morgan fingerprint density at radius 3 is 3.00 bits per heavy atom. The van der Waals surface area contributed by atoms with Crippen molar-refractivity contribution in [2.75, 3.05) is 11.9 Å². The van der Waals surface area contributed by atoms with E-state index in [1.807, 2.05) is 37.6 Å². The number of rotatable bonds is 5. The summed E-state index contributed by atoms with van der Waals surface area (Å²) in [5, 5.41) is 4.30. The van der Waals surface area contributed by atoms with Crippen LogP contribution >= 0.6 is 22.7 Å². The van der Waals surface area contributed by atoms with Crippen LogP contribution in [0.15, 0.2) is 23.7 Å². The monoisotopic (exact) mass is 305 g/mol. The van der Waals surface area contributed by atoms with Crippen molar-refractivity contribution in [1.29, 1.82) is 0 Å². The fourth-order valence-corrected chi connectivity index (χ4v) is 3.50. The van der Waals surface area contributed by atoms with Crippen molar-refractivity contribution >= 4 is 38.0 Å². The number of aromatic nitrogens is 2. The molecule has 3 rings (SSSR count). The van der Waals surface area contributed by atoms with Crippen molar-refractivity contribution in [3.63, 3.8) is 0 Å². The second kappa shape index (κ2) is 5.76. The van der Waals surface area contributed by atoms with E-state index >= 15 is 0 Å². The summed E-state index contributed by atoms with van der Waals surface area (Å²) in [6.07, 6.45) is 0. The molecule has 0 radical (unpaired) electrons. The van der Waals surface area contributed by atoms with Gasteiger partial charge in [0.1, 0.15) is 5.75 Å². The minimum atomic E-state index is 0.681. The van der Waals surface area contributed by atoms with Gasteiger partial charge in [0.2, 0.25) is 0 Å². The van der Waals surface area contributed by atoms with Gasteiger partial charge in [-0.2, -0.15) is 0 Å². The molecule has 0 spiro atoms. The SMILES string of the molecule is CCOc1ccc2nc(NCc3scnc3C)sc2c1. The van der Waals surface area contributed by atoms with Gasteiger partial charge in [0.15, 0.2) is 5.13 Å². The van der Waals surface area contributed by atoms with E-state index in [9.17, 15) is 0 Å². The Hall–Kier alpha value is -1.66. The summed E-state index contributed by atoms with van der Waals surface area (Å²) >= 11 is 3.31. The first-order chi connectivity index (χ1) is 9.76. The van der Waals surface area contributed by atoms with Crippen LogP contribution in [0.1, 0.15) is 17.5 Å². The molecule has 1 N–H and O–H groups in total. The van der Waals surface area contributed by atoms with Gasteiger partial charge in [0.25, 0.3) is 0 Å². The third kappa shape index (κ3) is 2.76. The van der Waals surface area contributed by atoms with Crippen LogP contribution in [0.4, 0.5) is 5.13 Å². The molecule has 2 heterocycles. The Balaban J connectivity index is 1.77. The second-order valence-corrected chi connectivity index (χ2v) is 6.27. The maximum atomic E-state index is 5.51. The molecule has 2 aromatic heterocycles. The van der Waals surface area contributed by atoms with Crippen molar-refractivity contribution in [2.24, 2.45) is 0 Å². The van der Waals surface area contributed by atoms with E-state index in [0.717, 1.165) is 33.3 Å². The number of fused-ring (bicyclic) bond motifs is 1. The van der Waals surface area contributed by atoms with Crippen molar-refractivity contribution in [2.45, 2.75) is 20.4 Å². The van der Waals surface area contributed by atoms with E-state index in [2.05, 4.69) is 15.3 Å². The van der Waals surface area contributed by atoms with Gasteiger partial charge in [0, 0.05) is 4.88 Å². The van der Waals surface area contributed by atoms with Gasteiger partial charge >= 0.3 is 0 Å². The smallest absolute Gasteiger partial charge is 0.184 e. The molecule has 0 bridgehead atoms. The highest BCUT2D eigenvalue weighted by atomic mass is 32.1. The normalized spacial score (nSPS) is 10.9. The van der Waals surface area contributed by atoms with Crippen molar-refractivity contribution in [1.82, 2.24) is 9.97 Å². The van der Waals surface area contributed by atoms with Gasteiger partial charge in [0.05, 0.1) is 34.6 Å². The predicted molar refractivity (Wildman–Crippen MR) is 85.0 cm³/mol. The summed E-state index contributed by atoms with van der Waals surface area (Å²) in [7, 11) is 0. The van der Waals surface area contributed by atoms with Crippen LogP contribution in [-0.4, -0.2) is 16.6 Å². The number of benzene rings is 1. The lowest BCUT2D eigenvalue weighted by atomic mass is 10.3. The van der Waals surface area contributed by atoms with E-state index in [1.54, 1.807) is 22.7 Å². The average Bonchev–Trinajstić information content (AvgIpc) is 3.02. The molecule has 0 saturated carbocycles. The molecule has 0 aliphatic carbocycles. The molecule has 20 heavy (non-hydrogen) atoms. The number of nitrogens with zero attached hydrogens (tertiary/aromatic N) is 2. The van der Waals surface area contributed by atoms with Crippen LogP contribution in [0.25, 0.3) is 10.2 Å². The molecule has 0 aliphatic rings. The van der Waals surface area contributed by atoms with Crippen LogP contribution in [-0.2, 0) is 6.54 Å². The van der Waals surface area contributed by atoms with Crippen LogP contribution in [0.3, 0.4) is 0 Å². The van der Waals surface area contributed by atoms with Gasteiger partial charge in [-0.1, -0.05) is 11.3 Å². The van der Waals surface area contributed by atoms with Gasteiger partial charge in [-0.05, 0) is 32.0 Å². The van der Waals surface area contributed by atoms with Crippen molar-refractivity contribution in [3.8, 4) is 5.75 Å². The summed E-state index contributed by atoms with van der Waals surface area (Å²) in [5.74, 6) is 0.897. The zero-order chi connectivity index (χ0) is 13.9. The van der Waals surface area contributed by atoms with Crippen molar-refractivity contribution in [3.05, 3.63) is 34.3 Å². The standard InChI is InChI=1S/C14H15N3OS2/c1-3-18-10-4-5-11-12(6-10)20-14(17-11)15-7-13-9(2)16-8-19-13/h4-6,8H,3,7H2,1-2H3,(H,15,17). The third-order valence-corrected chi connectivity index (χ3v) is 4.83. The number of nitrogens with one attached hydrogen (secondary N) is 1. The van der Waals surface area contributed by atoms with Gasteiger partial charge in [-0.15, -0.1) is 11.3 Å². The number of hydrogen-bond donors (Lipinski definition) is 1. The maximum Gasteiger partial charge on any atom is 0.184 e. The van der Waals surface area contributed by atoms with E-state index in [-0.39, 0.29) is 0 Å². The molecule has 0 atom stereocenters. The van der Waals surface area contributed by atoms with Gasteiger partial charge < -0.3 is 10.1 Å². The lowest BCUT2D eigenvalue weighted by Crippen LogP contribution is -1.98. The highest BCUT2D eigenvalue weighted by Gasteiger charge is 2.06. The quantitative estimate of drug-likeness (QED) is 0.772. The minimum Gasteiger partial charge on any atom is -0.494 e. The first kappa shape index (κ1) is 13.3. The number of aryl methyl sites for hydroxylation is 1. The van der Waals surface area contributed by atoms with Gasteiger partial charge in [-0.3, -0.25) is 0 Å². The van der Waals surface area contributed by atoms with Crippen LogP contribution in [0.5, 0.6) is 5.75 Å². The molecule has 0 saturated heterocycles. The predicted octanol–water partition coefficient (Wildman–Crippen LogP) is 4.07. The molecule has 0 aliphatic heterocycles. The maximum absolute atomic E-state index is 5.51. The molecule has 0 amide bonds. The second-order valence-electron chi connectivity index (χ2n) is 4.30. The summed E-state index contributed by atoms with van der Waals surface area (Å²) in [4.78, 5) is 10.1. The Morgan fingerprint density at radius 1 is 1.35 bits per heavy atom. The summed E-state index contributed by atoms with van der Waals surface area (Å²) in [6.45, 7) is 5.47. The largest absolute Gasteiger partial charge is 0.494 e. The fraction of sp³-hybridized carbons (Fsp3) is 0.286. The molecule has 0 unspecified atom stereocenters. The van der Waals surface area contributed by atoms with Crippen LogP contribution in [0.2, 0.25) is 0 Å². The summed E-state index contributed by atoms with van der Waals surface area (Å²) in [5.41, 5.74) is 3.96. The molecule has 0 fully saturated rings. The van der Waals surface area contributed by atoms with E-state index in [1.165, 1.54) is 4.88 Å². The van der Waals surface area contributed by atoms with Crippen LogP contribution in [0, 0.1) is 6.92 Å². The topological polar surface area (TPSA) is 47.0 Å². The molecular weight excluding hydrogens is 290 g/mol. The lowest BCUT2D eigenvalue weighted by Gasteiger charge is -2.00. The Bertz CT molecular complexity index is 720. The summed E-state index contributed by atoms with van der Waals surface area (Å²) in [6, 6.07) is 6.00. The van der Waals surface area contributed by atoms with Crippen LogP contribution < -0.4 is 10.1 Å². The molecule has 4 nitrogen and oxygen atoms in total. The van der Waals surface area contributed by atoms with Crippen molar-refractivity contribution < 1.29 is 4.74 Å². The Labute approximate surface area is 125 Å². The number of hydrogen-bond acceptors (Lipinski definition) is 6. The van der Waals surface area contributed by atoms with E-state index < -0.39 is 0 Å². The fourth-order valence-electron chi connectivity index (χ4n) is 1.89. The number of anilines is 1. The first-order valence-corrected chi connectivity index (χ1v) is 8.12. The molecule has 1 aromatic carbocycles. The highest BCUT2D eigenvalue weighted by Crippen LogP contribution is 2.29. The highest BCUT2D eigenvalue weighted by molar-refractivity contribution is 7.22. The molecule has 3 aromatic rings. The first-order valence-electron chi connectivity index (χ1n) is 6.42. The number of thiazole rings is 2.